The molecule has 2 aromatic carbocycles. The Morgan fingerprint density at radius 2 is 1.45 bits per heavy atom. The average Bonchev–Trinajstić information content (AvgIpc) is 2.72. The van der Waals surface area contributed by atoms with E-state index in [0.717, 1.165) is 0 Å². The van der Waals surface area contributed by atoms with Crippen LogP contribution in [-0.2, 0) is 19.1 Å². The molecule has 2 rings (SSSR count). The highest BCUT2D eigenvalue weighted by Gasteiger charge is 2.17. The zero-order valence-electron chi connectivity index (χ0n) is 16.4. The molecule has 0 saturated heterocycles. The zero-order valence-corrected chi connectivity index (χ0v) is 16.4. The molecule has 0 unspecified atom stereocenters. The van der Waals surface area contributed by atoms with Crippen molar-refractivity contribution in [2.24, 2.45) is 0 Å². The van der Waals surface area contributed by atoms with Crippen molar-refractivity contribution >= 4 is 35.1 Å². The van der Waals surface area contributed by atoms with Gasteiger partial charge in [0.25, 0.3) is 0 Å². The smallest absolute Gasteiger partial charge is 0.338 e. The van der Waals surface area contributed by atoms with Crippen LogP contribution in [0.2, 0.25) is 0 Å². The molecule has 0 spiro atoms. The summed E-state index contributed by atoms with van der Waals surface area (Å²) in [6.07, 6.45) is 0. The Morgan fingerprint density at radius 1 is 0.897 bits per heavy atom. The fourth-order valence-electron chi connectivity index (χ4n) is 2.53. The second kappa shape index (κ2) is 10.0. The van der Waals surface area contributed by atoms with Gasteiger partial charge in [0.05, 0.1) is 24.8 Å². The van der Waals surface area contributed by atoms with Crippen LogP contribution in [0.4, 0.5) is 11.4 Å². The fourth-order valence-corrected chi connectivity index (χ4v) is 2.53. The van der Waals surface area contributed by atoms with E-state index >= 15 is 0 Å². The highest BCUT2D eigenvalue weighted by Crippen LogP contribution is 2.17. The second-order valence-corrected chi connectivity index (χ2v) is 5.99. The third kappa shape index (κ3) is 5.90. The number of carbonyl (C=O) groups excluding carboxylic acids is 4. The van der Waals surface area contributed by atoms with E-state index in [0.29, 0.717) is 22.5 Å². The van der Waals surface area contributed by atoms with Crippen molar-refractivity contribution in [1.29, 1.82) is 0 Å². The molecule has 0 bridgehead atoms. The van der Waals surface area contributed by atoms with Crippen molar-refractivity contribution in [2.45, 2.75) is 13.8 Å². The summed E-state index contributed by atoms with van der Waals surface area (Å²) in [4.78, 5) is 48.8. The van der Waals surface area contributed by atoms with Gasteiger partial charge in [0.1, 0.15) is 6.54 Å². The maximum absolute atomic E-state index is 12.4. The number of rotatable bonds is 7. The predicted octanol–water partition coefficient (Wildman–Crippen LogP) is 2.64. The van der Waals surface area contributed by atoms with Crippen LogP contribution >= 0.6 is 0 Å². The first-order chi connectivity index (χ1) is 13.8. The second-order valence-electron chi connectivity index (χ2n) is 5.99. The van der Waals surface area contributed by atoms with Crippen LogP contribution in [0.3, 0.4) is 0 Å². The van der Waals surface area contributed by atoms with Gasteiger partial charge in [-0.25, -0.2) is 9.59 Å². The van der Waals surface area contributed by atoms with Crippen molar-refractivity contribution in [3.8, 4) is 0 Å². The first-order valence-electron chi connectivity index (χ1n) is 8.89. The zero-order chi connectivity index (χ0) is 21.4. The average molecular weight is 398 g/mol. The summed E-state index contributed by atoms with van der Waals surface area (Å²) in [5, 5.41) is 2.67. The number of carbonyl (C=O) groups is 4. The third-order valence-corrected chi connectivity index (χ3v) is 3.96. The standard InChI is InChI=1S/C21H22N2O6/c1-4-29-21(27)16-5-9-17(10-6-16)22-19(25)13-23(14(2)24)18-11-7-15(8-12-18)20(26)28-3/h5-12H,4,13H2,1-3H3,(H,22,25). The maximum Gasteiger partial charge on any atom is 0.338 e. The van der Waals surface area contributed by atoms with Crippen molar-refractivity contribution in [3.63, 3.8) is 0 Å². The summed E-state index contributed by atoms with van der Waals surface area (Å²) >= 11 is 0. The van der Waals surface area contributed by atoms with Crippen molar-refractivity contribution in [3.05, 3.63) is 59.7 Å². The van der Waals surface area contributed by atoms with Crippen LogP contribution in [0.25, 0.3) is 0 Å². The minimum atomic E-state index is -0.491. The molecule has 0 aromatic heterocycles. The molecular formula is C21H22N2O6. The molecule has 2 amide bonds. The number of hydrogen-bond donors (Lipinski definition) is 1. The van der Waals surface area contributed by atoms with E-state index in [1.807, 2.05) is 0 Å². The number of esters is 2. The van der Waals surface area contributed by atoms with Crippen LogP contribution in [-0.4, -0.2) is 44.0 Å². The Balaban J connectivity index is 2.05. The van der Waals surface area contributed by atoms with Crippen LogP contribution in [0.1, 0.15) is 34.6 Å². The van der Waals surface area contributed by atoms with E-state index in [2.05, 4.69) is 10.1 Å². The Labute approximate surface area is 168 Å². The number of benzene rings is 2. The van der Waals surface area contributed by atoms with Gasteiger partial charge in [-0.2, -0.15) is 0 Å². The number of anilines is 2. The third-order valence-electron chi connectivity index (χ3n) is 3.96. The Morgan fingerprint density at radius 3 is 1.97 bits per heavy atom. The maximum atomic E-state index is 12.4. The van der Waals surface area contributed by atoms with E-state index in [-0.39, 0.29) is 19.1 Å². The van der Waals surface area contributed by atoms with Crippen LogP contribution in [0.5, 0.6) is 0 Å². The molecule has 0 atom stereocenters. The topological polar surface area (TPSA) is 102 Å². The van der Waals surface area contributed by atoms with E-state index in [9.17, 15) is 19.2 Å². The van der Waals surface area contributed by atoms with E-state index in [1.54, 1.807) is 43.3 Å². The number of amides is 2. The van der Waals surface area contributed by atoms with Crippen LogP contribution < -0.4 is 10.2 Å². The lowest BCUT2D eigenvalue weighted by Crippen LogP contribution is -2.36. The number of nitrogens with zero attached hydrogens (tertiary/aromatic N) is 1. The van der Waals surface area contributed by atoms with E-state index < -0.39 is 17.8 Å². The van der Waals surface area contributed by atoms with Gasteiger partial charge in [-0.3, -0.25) is 9.59 Å². The number of nitrogens with one attached hydrogen (secondary N) is 1. The molecule has 0 saturated carbocycles. The first-order valence-corrected chi connectivity index (χ1v) is 8.89. The molecule has 0 fully saturated rings. The summed E-state index contributed by atoms with van der Waals surface area (Å²) < 4.78 is 9.55. The minimum Gasteiger partial charge on any atom is -0.465 e. The molecule has 0 aliphatic heterocycles. The number of methoxy groups -OCH3 is 1. The van der Waals surface area contributed by atoms with Gasteiger partial charge in [0.2, 0.25) is 11.8 Å². The van der Waals surface area contributed by atoms with Gasteiger partial charge in [-0.05, 0) is 55.5 Å². The van der Waals surface area contributed by atoms with Crippen LogP contribution in [0.15, 0.2) is 48.5 Å². The molecular weight excluding hydrogens is 376 g/mol. The van der Waals surface area contributed by atoms with Gasteiger partial charge in [0.15, 0.2) is 0 Å². The molecule has 0 aliphatic carbocycles. The lowest BCUT2D eigenvalue weighted by atomic mass is 10.2. The molecule has 0 heterocycles. The van der Waals surface area contributed by atoms with Gasteiger partial charge in [-0.1, -0.05) is 0 Å². The largest absolute Gasteiger partial charge is 0.465 e. The molecule has 0 aliphatic rings. The van der Waals surface area contributed by atoms with Crippen molar-refractivity contribution in [1.82, 2.24) is 0 Å². The van der Waals surface area contributed by atoms with Crippen LogP contribution in [0, 0.1) is 0 Å². The fraction of sp³-hybridized carbons (Fsp3) is 0.238. The summed E-state index contributed by atoms with van der Waals surface area (Å²) in [6, 6.07) is 12.4. The summed E-state index contributed by atoms with van der Waals surface area (Å²) in [7, 11) is 1.28. The summed E-state index contributed by atoms with van der Waals surface area (Å²) in [6.45, 7) is 3.12. The van der Waals surface area contributed by atoms with Gasteiger partial charge >= 0.3 is 11.9 Å². The predicted molar refractivity (Wildman–Crippen MR) is 107 cm³/mol. The summed E-state index contributed by atoms with van der Waals surface area (Å²) in [5.74, 6) is -1.68. The normalized spacial score (nSPS) is 10.0. The number of hydrogen-bond acceptors (Lipinski definition) is 6. The molecule has 2 aromatic rings. The van der Waals surface area contributed by atoms with Gasteiger partial charge in [-0.15, -0.1) is 0 Å². The Hall–Kier alpha value is -3.68. The first kappa shape index (κ1) is 21.6. The minimum absolute atomic E-state index is 0.216. The molecule has 29 heavy (non-hydrogen) atoms. The highest BCUT2D eigenvalue weighted by molar-refractivity contribution is 6.02. The molecule has 152 valence electrons. The molecule has 1 N–H and O–H groups in total. The molecule has 8 heteroatoms. The van der Waals surface area contributed by atoms with Gasteiger partial charge in [0, 0.05) is 18.3 Å². The lowest BCUT2D eigenvalue weighted by Gasteiger charge is -2.21. The van der Waals surface area contributed by atoms with Gasteiger partial charge < -0.3 is 19.7 Å². The molecule has 0 radical (unpaired) electrons. The quantitative estimate of drug-likeness (QED) is 0.720. The monoisotopic (exact) mass is 398 g/mol. The molecule has 8 nitrogen and oxygen atoms in total. The SMILES string of the molecule is CCOC(=O)c1ccc(NC(=O)CN(C(C)=O)c2ccc(C(=O)OC)cc2)cc1. The number of ether oxygens (including phenoxy) is 2. The highest BCUT2D eigenvalue weighted by atomic mass is 16.5. The lowest BCUT2D eigenvalue weighted by molar-refractivity contribution is -0.120. The van der Waals surface area contributed by atoms with E-state index in [4.69, 9.17) is 4.74 Å². The Kier molecular flexibility index (Phi) is 7.47. The van der Waals surface area contributed by atoms with E-state index in [1.165, 1.54) is 31.1 Å². The summed E-state index contributed by atoms with van der Waals surface area (Å²) in [5.41, 5.74) is 1.66. The van der Waals surface area contributed by atoms with Crippen molar-refractivity contribution in [2.75, 3.05) is 30.5 Å². The van der Waals surface area contributed by atoms with Crippen molar-refractivity contribution < 1.29 is 28.7 Å². The Bertz CT molecular complexity index is 890.